The molecule has 0 bridgehead atoms. The Hall–Kier alpha value is -3.90. The fourth-order valence-electron chi connectivity index (χ4n) is 4.05. The number of benzene rings is 2. The molecule has 2 aromatic carbocycles. The summed E-state index contributed by atoms with van der Waals surface area (Å²) in [6.07, 6.45) is -4.58. The van der Waals surface area contributed by atoms with Gasteiger partial charge in [0.1, 0.15) is 5.75 Å². The van der Waals surface area contributed by atoms with Gasteiger partial charge in [0.25, 0.3) is 5.56 Å². The van der Waals surface area contributed by atoms with Crippen LogP contribution >= 0.6 is 0 Å². The van der Waals surface area contributed by atoms with Crippen molar-refractivity contribution in [2.75, 3.05) is 19.8 Å². The molecular formula is C26H27F3N4O5. The van der Waals surface area contributed by atoms with E-state index in [1.807, 2.05) is 31.2 Å². The van der Waals surface area contributed by atoms with Crippen LogP contribution in [0.25, 0.3) is 11.2 Å². The quantitative estimate of drug-likeness (QED) is 0.332. The van der Waals surface area contributed by atoms with Crippen LogP contribution in [0.5, 0.6) is 11.8 Å². The van der Waals surface area contributed by atoms with Crippen LogP contribution in [0.15, 0.2) is 52.1 Å². The van der Waals surface area contributed by atoms with Gasteiger partial charge in [0, 0.05) is 7.05 Å². The number of ether oxygens (including phenoxy) is 2. The molecule has 202 valence electrons. The minimum absolute atomic E-state index is 0.0141. The number of hydrogen-bond acceptors (Lipinski definition) is 6. The third kappa shape index (κ3) is 5.50. The lowest BCUT2D eigenvalue weighted by molar-refractivity contribution is -0.138. The fourth-order valence-corrected chi connectivity index (χ4v) is 4.05. The van der Waals surface area contributed by atoms with E-state index in [1.165, 1.54) is 35.2 Å². The summed E-state index contributed by atoms with van der Waals surface area (Å²) in [5.41, 5.74) is -0.230. The van der Waals surface area contributed by atoms with Crippen LogP contribution in [0.1, 0.15) is 22.3 Å². The zero-order valence-electron chi connectivity index (χ0n) is 21.1. The van der Waals surface area contributed by atoms with E-state index in [4.69, 9.17) is 14.6 Å². The topological polar surface area (TPSA) is 101 Å². The Morgan fingerprint density at radius 2 is 1.71 bits per heavy atom. The van der Waals surface area contributed by atoms with E-state index in [9.17, 15) is 22.8 Å². The summed E-state index contributed by atoms with van der Waals surface area (Å²) in [5, 5.41) is 8.91. The third-order valence-electron chi connectivity index (χ3n) is 6.08. The number of aliphatic hydroxyl groups is 1. The highest BCUT2D eigenvalue weighted by Gasteiger charge is 2.33. The predicted octanol–water partition coefficient (Wildman–Crippen LogP) is 3.38. The van der Waals surface area contributed by atoms with Crippen LogP contribution in [-0.2, 0) is 31.1 Å². The summed E-state index contributed by atoms with van der Waals surface area (Å²) < 4.78 is 55.1. The maximum absolute atomic E-state index is 13.5. The van der Waals surface area contributed by atoms with Crippen LogP contribution < -0.4 is 16.0 Å². The zero-order valence-corrected chi connectivity index (χ0v) is 21.1. The average molecular weight is 533 g/mol. The molecule has 0 radical (unpaired) electrons. The van der Waals surface area contributed by atoms with Gasteiger partial charge >= 0.3 is 17.9 Å². The first-order chi connectivity index (χ1) is 18.0. The highest BCUT2D eigenvalue weighted by atomic mass is 19.4. The molecule has 2 heterocycles. The van der Waals surface area contributed by atoms with Crippen molar-refractivity contribution in [3.05, 3.63) is 85.6 Å². The van der Waals surface area contributed by atoms with Crippen molar-refractivity contribution in [2.45, 2.75) is 33.1 Å². The van der Waals surface area contributed by atoms with Crippen molar-refractivity contribution in [2.24, 2.45) is 7.05 Å². The zero-order chi connectivity index (χ0) is 27.6. The molecule has 9 nitrogen and oxygen atoms in total. The molecule has 0 saturated carbocycles. The first kappa shape index (κ1) is 27.1. The monoisotopic (exact) mass is 532 g/mol. The number of alkyl halides is 3. The van der Waals surface area contributed by atoms with Gasteiger partial charge in [-0.25, -0.2) is 4.79 Å². The van der Waals surface area contributed by atoms with E-state index in [-0.39, 0.29) is 61.4 Å². The Morgan fingerprint density at radius 3 is 2.37 bits per heavy atom. The molecule has 0 aliphatic carbocycles. The highest BCUT2D eigenvalue weighted by molar-refractivity contribution is 5.72. The van der Waals surface area contributed by atoms with Gasteiger partial charge in [-0.2, -0.15) is 18.2 Å². The number of aromatic nitrogens is 4. The molecule has 0 amide bonds. The van der Waals surface area contributed by atoms with E-state index >= 15 is 0 Å². The van der Waals surface area contributed by atoms with Gasteiger partial charge in [-0.05, 0) is 37.1 Å². The molecule has 4 aromatic rings. The van der Waals surface area contributed by atoms with E-state index < -0.39 is 23.0 Å². The molecule has 0 spiro atoms. The van der Waals surface area contributed by atoms with E-state index in [0.717, 1.165) is 21.8 Å². The van der Waals surface area contributed by atoms with E-state index in [0.29, 0.717) is 0 Å². The summed E-state index contributed by atoms with van der Waals surface area (Å²) in [6.45, 7) is 3.18. The standard InChI is InChI=1S/C26H27F3N4O5/c1-16-4-7-18(8-5-16)15-33-21-22(31(3)25(36)32(23(21)35)10-12-37-13-11-34)30-24(33)38-19-9-6-17(2)20(14-19)26(27,28)29/h4-9,14,34H,10-13,15H2,1-3H3. The number of hydrogen-bond donors (Lipinski definition) is 1. The van der Waals surface area contributed by atoms with Crippen LogP contribution in [0, 0.1) is 13.8 Å². The number of nitrogens with zero attached hydrogens (tertiary/aromatic N) is 4. The number of imidazole rings is 1. The molecule has 38 heavy (non-hydrogen) atoms. The van der Waals surface area contributed by atoms with Crippen LogP contribution in [0.3, 0.4) is 0 Å². The minimum Gasteiger partial charge on any atom is -0.425 e. The van der Waals surface area contributed by atoms with Gasteiger partial charge in [0.2, 0.25) is 0 Å². The Morgan fingerprint density at radius 1 is 1.00 bits per heavy atom. The molecule has 12 heteroatoms. The molecule has 2 aromatic heterocycles. The van der Waals surface area contributed by atoms with Gasteiger partial charge in [-0.15, -0.1) is 0 Å². The summed E-state index contributed by atoms with van der Waals surface area (Å²) in [7, 11) is 1.44. The maximum Gasteiger partial charge on any atom is 0.416 e. The molecule has 0 unspecified atom stereocenters. The van der Waals surface area contributed by atoms with Gasteiger partial charge < -0.3 is 14.6 Å². The normalized spacial score (nSPS) is 11.9. The summed E-state index contributed by atoms with van der Waals surface area (Å²) in [5.74, 6) is -0.119. The smallest absolute Gasteiger partial charge is 0.416 e. The van der Waals surface area contributed by atoms with Crippen molar-refractivity contribution < 1.29 is 27.8 Å². The van der Waals surface area contributed by atoms with Crippen molar-refractivity contribution in [1.29, 1.82) is 0 Å². The van der Waals surface area contributed by atoms with Crippen LogP contribution in [0.2, 0.25) is 0 Å². The number of fused-ring (bicyclic) bond motifs is 1. The SMILES string of the molecule is Cc1ccc(Cn2c(Oc3ccc(C)c(C(F)(F)F)c3)nc3c2c(=O)n(CCOCCO)c(=O)n3C)cc1. The van der Waals surface area contributed by atoms with Crippen molar-refractivity contribution in [3.63, 3.8) is 0 Å². The number of aliphatic hydroxyl groups excluding tert-OH is 1. The molecule has 0 saturated heterocycles. The number of aryl methyl sites for hydroxylation is 3. The number of rotatable bonds is 9. The van der Waals surface area contributed by atoms with Crippen LogP contribution in [-0.4, -0.2) is 43.6 Å². The largest absolute Gasteiger partial charge is 0.425 e. The van der Waals surface area contributed by atoms with Crippen LogP contribution in [0.4, 0.5) is 13.2 Å². The first-order valence-corrected chi connectivity index (χ1v) is 11.8. The van der Waals surface area contributed by atoms with Gasteiger partial charge in [-0.3, -0.25) is 18.5 Å². The summed E-state index contributed by atoms with van der Waals surface area (Å²) in [4.78, 5) is 30.8. The molecule has 0 aliphatic rings. The first-order valence-electron chi connectivity index (χ1n) is 11.8. The Balaban J connectivity index is 1.87. The number of halogens is 3. The van der Waals surface area contributed by atoms with Crippen molar-refractivity contribution >= 4 is 11.2 Å². The minimum atomic E-state index is -4.58. The van der Waals surface area contributed by atoms with E-state index in [1.54, 1.807) is 0 Å². The second-order valence-corrected chi connectivity index (χ2v) is 8.85. The Kier molecular flexibility index (Phi) is 7.74. The molecule has 1 N–H and O–H groups in total. The third-order valence-corrected chi connectivity index (χ3v) is 6.08. The lowest BCUT2D eigenvalue weighted by Crippen LogP contribution is -2.40. The fraction of sp³-hybridized carbons (Fsp3) is 0.346. The van der Waals surface area contributed by atoms with Crippen molar-refractivity contribution in [3.8, 4) is 11.8 Å². The summed E-state index contributed by atoms with van der Waals surface area (Å²) >= 11 is 0. The second kappa shape index (κ2) is 10.8. The lowest BCUT2D eigenvalue weighted by Gasteiger charge is -2.14. The molecule has 0 aliphatic heterocycles. The predicted molar refractivity (Wildman–Crippen MR) is 134 cm³/mol. The average Bonchev–Trinajstić information content (AvgIpc) is 3.22. The lowest BCUT2D eigenvalue weighted by atomic mass is 10.1. The summed E-state index contributed by atoms with van der Waals surface area (Å²) in [6, 6.07) is 10.9. The molecule has 0 atom stereocenters. The second-order valence-electron chi connectivity index (χ2n) is 8.85. The van der Waals surface area contributed by atoms with Gasteiger partial charge in [0.15, 0.2) is 11.2 Å². The van der Waals surface area contributed by atoms with E-state index in [2.05, 4.69) is 4.98 Å². The molecular weight excluding hydrogens is 505 g/mol. The van der Waals surface area contributed by atoms with Crippen molar-refractivity contribution in [1.82, 2.24) is 18.7 Å². The van der Waals surface area contributed by atoms with Gasteiger partial charge in [0.05, 0.1) is 38.5 Å². The molecule has 4 rings (SSSR count). The Labute approximate surface area is 215 Å². The highest BCUT2D eigenvalue weighted by Crippen LogP contribution is 2.35. The molecule has 0 fully saturated rings. The Bertz CT molecular complexity index is 1570. The van der Waals surface area contributed by atoms with Gasteiger partial charge in [-0.1, -0.05) is 35.9 Å². The maximum atomic E-state index is 13.5.